The van der Waals surface area contributed by atoms with Crippen LogP contribution >= 0.6 is 0 Å². The van der Waals surface area contributed by atoms with Crippen molar-refractivity contribution in [2.75, 3.05) is 46.9 Å². The van der Waals surface area contributed by atoms with Gasteiger partial charge in [0.2, 0.25) is 5.78 Å². The average Bonchev–Trinajstić information content (AvgIpc) is 3.53. The van der Waals surface area contributed by atoms with E-state index in [1.165, 1.54) is 6.07 Å². The standard InChI is InChI=1S/C30H32N4O6/c1-17-27(18(2)40-31-17)29-22(16-26-30(37)28-24(36)13-19(35)14-25(28)39-26)21-15-20(38-4)5-6-23(21)34(29)12-11-33-9-7-32(3)8-10-33/h5-6,13-16,35-36H,7-12H2,1-4H3. The first-order valence-corrected chi connectivity index (χ1v) is 13.3. The lowest BCUT2D eigenvalue weighted by Gasteiger charge is -2.32. The second-order valence-corrected chi connectivity index (χ2v) is 10.4. The summed E-state index contributed by atoms with van der Waals surface area (Å²) in [5.74, 6) is 0.528. The Morgan fingerprint density at radius 2 is 1.82 bits per heavy atom. The van der Waals surface area contributed by atoms with Gasteiger partial charge in [-0.15, -0.1) is 0 Å². The number of methoxy groups -OCH3 is 1. The van der Waals surface area contributed by atoms with E-state index in [2.05, 4.69) is 26.6 Å². The van der Waals surface area contributed by atoms with Crippen LogP contribution in [0.25, 0.3) is 28.2 Å². The number of phenols is 2. The van der Waals surface area contributed by atoms with Gasteiger partial charge in [-0.2, -0.15) is 0 Å². The highest BCUT2D eigenvalue weighted by Gasteiger charge is 2.33. The maximum atomic E-state index is 13.4. The third-order valence-corrected chi connectivity index (χ3v) is 7.83. The number of carbonyl (C=O) groups excluding carboxylic acids is 1. The third-order valence-electron chi connectivity index (χ3n) is 7.83. The Bertz CT molecular complexity index is 1640. The summed E-state index contributed by atoms with van der Waals surface area (Å²) < 4.78 is 19.3. The minimum atomic E-state index is -0.460. The SMILES string of the molecule is COc1ccc2c(c1)c(C=C1Oc3cc(O)cc(O)c3C1=O)c(-c1c(C)noc1C)n2CCN1CCN(C)CC1. The summed E-state index contributed by atoms with van der Waals surface area (Å²) in [4.78, 5) is 18.2. The third kappa shape index (κ3) is 4.39. The van der Waals surface area contributed by atoms with Crippen LogP contribution in [0.15, 0.2) is 40.6 Å². The molecule has 0 bridgehead atoms. The predicted octanol–water partition coefficient (Wildman–Crippen LogP) is 4.20. The van der Waals surface area contributed by atoms with Crippen molar-refractivity contribution in [2.24, 2.45) is 0 Å². The molecule has 2 aromatic carbocycles. The van der Waals surface area contributed by atoms with Crippen molar-refractivity contribution in [3.05, 3.63) is 58.7 Å². The number of ether oxygens (including phenoxy) is 2. The van der Waals surface area contributed by atoms with Crippen molar-refractivity contribution in [3.8, 4) is 34.3 Å². The molecule has 6 rings (SSSR count). The van der Waals surface area contributed by atoms with Crippen molar-refractivity contribution in [1.82, 2.24) is 19.5 Å². The number of aryl methyl sites for hydroxylation is 2. The van der Waals surface area contributed by atoms with Crippen molar-refractivity contribution < 1.29 is 29.0 Å². The topological polar surface area (TPSA) is 113 Å². The van der Waals surface area contributed by atoms with Crippen molar-refractivity contribution >= 4 is 22.8 Å². The van der Waals surface area contributed by atoms with Gasteiger partial charge < -0.3 is 33.7 Å². The van der Waals surface area contributed by atoms with Crippen molar-refractivity contribution in [2.45, 2.75) is 20.4 Å². The van der Waals surface area contributed by atoms with Crippen LogP contribution in [0.4, 0.5) is 0 Å². The highest BCUT2D eigenvalue weighted by atomic mass is 16.5. The fraction of sp³-hybridized carbons (Fsp3) is 0.333. The monoisotopic (exact) mass is 544 g/mol. The van der Waals surface area contributed by atoms with Gasteiger partial charge in [0.15, 0.2) is 5.76 Å². The normalized spacial score (nSPS) is 17.1. The van der Waals surface area contributed by atoms with Gasteiger partial charge in [-0.25, -0.2) is 0 Å². The molecule has 0 amide bonds. The van der Waals surface area contributed by atoms with Crippen LogP contribution in [0.1, 0.15) is 27.4 Å². The number of benzene rings is 2. The van der Waals surface area contributed by atoms with Gasteiger partial charge in [-0.3, -0.25) is 9.69 Å². The van der Waals surface area contributed by atoms with Gasteiger partial charge in [0.25, 0.3) is 0 Å². The minimum Gasteiger partial charge on any atom is -0.508 e. The van der Waals surface area contributed by atoms with Gasteiger partial charge in [-0.1, -0.05) is 5.16 Å². The molecular formula is C30H32N4O6. The van der Waals surface area contributed by atoms with Gasteiger partial charge in [0.1, 0.15) is 34.3 Å². The van der Waals surface area contributed by atoms with Crippen molar-refractivity contribution in [1.29, 1.82) is 0 Å². The summed E-state index contributed by atoms with van der Waals surface area (Å²) >= 11 is 0. The molecule has 0 saturated carbocycles. The fourth-order valence-corrected chi connectivity index (χ4v) is 5.68. The summed E-state index contributed by atoms with van der Waals surface area (Å²) in [5.41, 5.74) is 4.20. The molecule has 40 heavy (non-hydrogen) atoms. The van der Waals surface area contributed by atoms with Gasteiger partial charge in [0, 0.05) is 67.9 Å². The number of Topliss-reactive ketones (excluding diaryl/α,β-unsaturated/α-hetero) is 1. The Kier molecular flexibility index (Phi) is 6.52. The molecule has 0 unspecified atom stereocenters. The number of fused-ring (bicyclic) bond motifs is 2. The fourth-order valence-electron chi connectivity index (χ4n) is 5.68. The zero-order valence-electron chi connectivity index (χ0n) is 23.0. The van der Waals surface area contributed by atoms with E-state index in [1.54, 1.807) is 13.2 Å². The number of likely N-dealkylation sites (N-methyl/N-ethyl adjacent to an activating group) is 1. The van der Waals surface area contributed by atoms with Gasteiger partial charge in [-0.05, 0) is 45.2 Å². The van der Waals surface area contributed by atoms with E-state index in [0.717, 1.165) is 72.2 Å². The van der Waals surface area contributed by atoms with Crippen LogP contribution in [0.3, 0.4) is 0 Å². The number of hydrogen-bond donors (Lipinski definition) is 2. The maximum absolute atomic E-state index is 13.4. The number of aromatic hydroxyl groups is 2. The molecule has 1 fully saturated rings. The Morgan fingerprint density at radius 3 is 2.52 bits per heavy atom. The molecule has 0 spiro atoms. The van der Waals surface area contributed by atoms with E-state index in [1.807, 2.05) is 32.0 Å². The van der Waals surface area contributed by atoms with Crippen LogP contribution in [0.5, 0.6) is 23.0 Å². The number of rotatable bonds is 6. The summed E-state index contributed by atoms with van der Waals surface area (Å²) in [5, 5.41) is 25.4. The number of ketones is 1. The molecule has 0 radical (unpaired) electrons. The molecule has 0 aliphatic carbocycles. The Morgan fingerprint density at radius 1 is 1.05 bits per heavy atom. The highest BCUT2D eigenvalue weighted by Crippen LogP contribution is 2.44. The van der Waals surface area contributed by atoms with Crippen LogP contribution in [0, 0.1) is 13.8 Å². The predicted molar refractivity (Wildman–Crippen MR) is 150 cm³/mol. The smallest absolute Gasteiger partial charge is 0.235 e. The van der Waals surface area contributed by atoms with E-state index in [4.69, 9.17) is 14.0 Å². The maximum Gasteiger partial charge on any atom is 0.235 e. The summed E-state index contributed by atoms with van der Waals surface area (Å²) in [6.45, 7) is 9.39. The molecule has 0 atom stereocenters. The number of nitrogens with zero attached hydrogens (tertiary/aromatic N) is 4. The first-order valence-electron chi connectivity index (χ1n) is 13.3. The molecule has 4 heterocycles. The number of aromatic nitrogens is 2. The minimum absolute atomic E-state index is 0.0272. The lowest BCUT2D eigenvalue weighted by molar-refractivity contribution is 0.101. The molecule has 4 aromatic rings. The van der Waals surface area contributed by atoms with Crippen LogP contribution in [-0.4, -0.2) is 82.4 Å². The quantitative estimate of drug-likeness (QED) is 0.345. The number of carbonyl (C=O) groups is 1. The molecule has 2 aliphatic heterocycles. The molecule has 2 N–H and O–H groups in total. The van der Waals surface area contributed by atoms with Gasteiger partial charge in [0.05, 0.1) is 24.1 Å². The Labute approximate surface area is 231 Å². The zero-order chi connectivity index (χ0) is 28.1. The average molecular weight is 545 g/mol. The number of phenolic OH excluding ortho intramolecular Hbond substituents is 2. The van der Waals surface area contributed by atoms with Gasteiger partial charge >= 0.3 is 0 Å². The van der Waals surface area contributed by atoms with E-state index >= 15 is 0 Å². The molecular weight excluding hydrogens is 512 g/mol. The van der Waals surface area contributed by atoms with E-state index < -0.39 is 5.78 Å². The Balaban J connectivity index is 1.54. The first kappa shape index (κ1) is 26.0. The van der Waals surface area contributed by atoms with Crippen LogP contribution in [0.2, 0.25) is 0 Å². The molecule has 10 heteroatoms. The second kappa shape index (κ2) is 10.0. The molecule has 10 nitrogen and oxygen atoms in total. The molecule has 2 aliphatic rings. The molecule has 208 valence electrons. The number of piperazine rings is 1. The summed E-state index contributed by atoms with van der Waals surface area (Å²) in [6, 6.07) is 8.36. The lowest BCUT2D eigenvalue weighted by Crippen LogP contribution is -2.45. The van der Waals surface area contributed by atoms with E-state index in [0.29, 0.717) is 18.1 Å². The molecule has 1 saturated heterocycles. The second-order valence-electron chi connectivity index (χ2n) is 10.4. The van der Waals surface area contributed by atoms with Crippen LogP contribution in [-0.2, 0) is 6.54 Å². The first-order chi connectivity index (χ1) is 19.2. The number of allylic oxidation sites excluding steroid dienone is 1. The van der Waals surface area contributed by atoms with E-state index in [9.17, 15) is 15.0 Å². The summed E-state index contributed by atoms with van der Waals surface area (Å²) in [6.07, 6.45) is 1.70. The zero-order valence-corrected chi connectivity index (χ0v) is 23.0. The van der Waals surface area contributed by atoms with E-state index in [-0.39, 0.29) is 28.6 Å². The summed E-state index contributed by atoms with van der Waals surface area (Å²) in [7, 11) is 3.76. The van der Waals surface area contributed by atoms with Crippen LogP contribution < -0.4 is 9.47 Å². The lowest BCUT2D eigenvalue weighted by atomic mass is 10.0. The highest BCUT2D eigenvalue weighted by molar-refractivity contribution is 6.17. The number of hydrogen-bond acceptors (Lipinski definition) is 9. The largest absolute Gasteiger partial charge is 0.508 e. The molecule has 2 aromatic heterocycles. The Hall–Kier alpha value is -4.28. The van der Waals surface area contributed by atoms with Crippen molar-refractivity contribution in [3.63, 3.8) is 0 Å².